The van der Waals surface area contributed by atoms with Crippen LogP contribution in [-0.4, -0.2) is 6.54 Å². The fraction of sp³-hybridized carbons (Fsp3) is 0.200. The van der Waals surface area contributed by atoms with Crippen molar-refractivity contribution in [2.75, 3.05) is 11.9 Å². The van der Waals surface area contributed by atoms with Gasteiger partial charge in [-0.3, -0.25) is 0 Å². The molecule has 0 bridgehead atoms. The number of anilines is 1. The Hall–Kier alpha value is -0.840. The summed E-state index contributed by atoms with van der Waals surface area (Å²) in [6.07, 6.45) is 0. The number of nitrogens with one attached hydrogen (secondary N) is 1. The van der Waals surface area contributed by atoms with Crippen LogP contribution in [0.3, 0.4) is 0 Å². The van der Waals surface area contributed by atoms with Gasteiger partial charge in [-0.05, 0) is 25.1 Å². The maximum absolute atomic E-state index is 5.80. The predicted molar refractivity (Wildman–Crippen MR) is 58.4 cm³/mol. The van der Waals surface area contributed by atoms with Crippen LogP contribution in [0.2, 0.25) is 10.0 Å². The fourth-order valence-electron chi connectivity index (χ4n) is 0.891. The minimum Gasteiger partial charge on any atom is -0.374 e. The first-order valence-electron chi connectivity index (χ1n) is 3.82. The zero-order valence-electron chi connectivity index (χ0n) is 7.20. The highest BCUT2D eigenvalue weighted by Gasteiger charge is 1.95. The van der Waals surface area contributed by atoms with E-state index >= 15 is 0 Å². The molecule has 1 aromatic rings. The summed E-state index contributed by atoms with van der Waals surface area (Å²) in [5.74, 6) is 5.68. The molecule has 0 amide bonds. The molecular formula is C10H9Cl2N. The van der Waals surface area contributed by atoms with E-state index in [2.05, 4.69) is 17.2 Å². The Morgan fingerprint density at radius 1 is 1.23 bits per heavy atom. The highest BCUT2D eigenvalue weighted by atomic mass is 35.5. The third kappa shape index (κ3) is 3.59. The van der Waals surface area contributed by atoms with E-state index in [1.807, 2.05) is 12.1 Å². The summed E-state index contributed by atoms with van der Waals surface area (Å²) in [5, 5.41) is 4.33. The second-order valence-electron chi connectivity index (χ2n) is 2.44. The van der Waals surface area contributed by atoms with Crippen LogP contribution >= 0.6 is 23.2 Å². The van der Waals surface area contributed by atoms with Gasteiger partial charge in [0.25, 0.3) is 0 Å². The fourth-order valence-corrected chi connectivity index (χ4v) is 1.42. The van der Waals surface area contributed by atoms with Crippen LogP contribution in [0.15, 0.2) is 18.2 Å². The van der Waals surface area contributed by atoms with E-state index in [4.69, 9.17) is 23.2 Å². The Kier molecular flexibility index (Phi) is 3.95. The normalized spacial score (nSPS) is 8.85. The lowest BCUT2D eigenvalue weighted by Crippen LogP contribution is -1.97. The molecule has 0 saturated carbocycles. The van der Waals surface area contributed by atoms with Gasteiger partial charge >= 0.3 is 0 Å². The molecule has 1 N–H and O–H groups in total. The first kappa shape index (κ1) is 10.2. The van der Waals surface area contributed by atoms with Gasteiger partial charge in [0.1, 0.15) is 0 Å². The molecule has 0 unspecified atom stereocenters. The molecule has 1 aromatic carbocycles. The van der Waals surface area contributed by atoms with Gasteiger partial charge in [-0.1, -0.05) is 29.1 Å². The molecule has 3 heteroatoms. The van der Waals surface area contributed by atoms with E-state index in [1.54, 1.807) is 13.0 Å². The van der Waals surface area contributed by atoms with E-state index in [0.717, 1.165) is 5.69 Å². The lowest BCUT2D eigenvalue weighted by Gasteiger charge is -2.03. The molecule has 1 rings (SSSR count). The van der Waals surface area contributed by atoms with Gasteiger partial charge in [0, 0.05) is 15.7 Å². The molecule has 0 fully saturated rings. The van der Waals surface area contributed by atoms with Crippen molar-refractivity contribution in [2.24, 2.45) is 0 Å². The third-order valence-corrected chi connectivity index (χ3v) is 1.86. The lowest BCUT2D eigenvalue weighted by atomic mass is 10.3. The van der Waals surface area contributed by atoms with E-state index in [1.165, 1.54) is 0 Å². The lowest BCUT2D eigenvalue weighted by molar-refractivity contribution is 1.38. The van der Waals surface area contributed by atoms with Crippen molar-refractivity contribution >= 4 is 28.9 Å². The highest BCUT2D eigenvalue weighted by Crippen LogP contribution is 2.21. The van der Waals surface area contributed by atoms with Gasteiger partial charge in [-0.25, -0.2) is 0 Å². The second-order valence-corrected chi connectivity index (χ2v) is 3.31. The van der Waals surface area contributed by atoms with Gasteiger partial charge in [0.05, 0.1) is 6.54 Å². The van der Waals surface area contributed by atoms with Gasteiger partial charge in [0.2, 0.25) is 0 Å². The smallest absolute Gasteiger partial charge is 0.0765 e. The molecule has 0 aromatic heterocycles. The summed E-state index contributed by atoms with van der Waals surface area (Å²) in [4.78, 5) is 0. The molecule has 0 aliphatic rings. The van der Waals surface area contributed by atoms with Crippen LogP contribution in [-0.2, 0) is 0 Å². The minimum absolute atomic E-state index is 0.604. The summed E-state index contributed by atoms with van der Waals surface area (Å²) >= 11 is 11.6. The average molecular weight is 214 g/mol. The summed E-state index contributed by atoms with van der Waals surface area (Å²) in [5.41, 5.74) is 0.889. The van der Waals surface area contributed by atoms with Crippen LogP contribution in [0, 0.1) is 11.8 Å². The standard InChI is InChI=1S/C10H9Cl2N/c1-2-3-4-13-10-6-8(11)5-9(12)7-10/h5-7,13H,4H2,1H3. The predicted octanol–water partition coefficient (Wildman–Crippen LogP) is 3.43. The molecule has 0 spiro atoms. The van der Waals surface area contributed by atoms with Crippen LogP contribution in [0.4, 0.5) is 5.69 Å². The van der Waals surface area contributed by atoms with Crippen molar-refractivity contribution in [2.45, 2.75) is 6.92 Å². The average Bonchev–Trinajstić information content (AvgIpc) is 2.03. The minimum atomic E-state index is 0.604. The maximum Gasteiger partial charge on any atom is 0.0765 e. The Morgan fingerprint density at radius 3 is 2.38 bits per heavy atom. The van der Waals surface area contributed by atoms with Crippen LogP contribution < -0.4 is 5.32 Å². The van der Waals surface area contributed by atoms with Crippen molar-refractivity contribution in [1.29, 1.82) is 0 Å². The number of benzene rings is 1. The monoisotopic (exact) mass is 213 g/mol. The molecule has 13 heavy (non-hydrogen) atoms. The van der Waals surface area contributed by atoms with Gasteiger partial charge in [-0.2, -0.15) is 0 Å². The largest absolute Gasteiger partial charge is 0.374 e. The summed E-state index contributed by atoms with van der Waals surface area (Å²) in [7, 11) is 0. The highest BCUT2D eigenvalue weighted by molar-refractivity contribution is 6.35. The SMILES string of the molecule is CC#CCNc1cc(Cl)cc(Cl)c1. The number of rotatable bonds is 2. The molecule has 1 nitrogen and oxygen atoms in total. The molecule has 0 radical (unpaired) electrons. The molecule has 0 saturated heterocycles. The third-order valence-electron chi connectivity index (χ3n) is 1.42. The van der Waals surface area contributed by atoms with Crippen molar-refractivity contribution in [1.82, 2.24) is 0 Å². The van der Waals surface area contributed by atoms with Crippen molar-refractivity contribution in [3.05, 3.63) is 28.2 Å². The van der Waals surface area contributed by atoms with E-state index in [9.17, 15) is 0 Å². The zero-order chi connectivity index (χ0) is 9.68. The molecule has 0 aliphatic carbocycles. The number of hydrogen-bond acceptors (Lipinski definition) is 1. The maximum atomic E-state index is 5.80. The van der Waals surface area contributed by atoms with Gasteiger partial charge in [0.15, 0.2) is 0 Å². The van der Waals surface area contributed by atoms with Crippen LogP contribution in [0.5, 0.6) is 0 Å². The van der Waals surface area contributed by atoms with Gasteiger partial charge in [-0.15, -0.1) is 5.92 Å². The number of halogens is 2. The quantitative estimate of drug-likeness (QED) is 0.743. The van der Waals surface area contributed by atoms with E-state index < -0.39 is 0 Å². The first-order valence-corrected chi connectivity index (χ1v) is 4.57. The molecule has 0 heterocycles. The van der Waals surface area contributed by atoms with Crippen molar-refractivity contribution < 1.29 is 0 Å². The van der Waals surface area contributed by atoms with Crippen LogP contribution in [0.1, 0.15) is 6.92 Å². The second kappa shape index (κ2) is 5.01. The molecule has 0 atom stereocenters. The van der Waals surface area contributed by atoms with Gasteiger partial charge < -0.3 is 5.32 Å². The Morgan fingerprint density at radius 2 is 1.85 bits per heavy atom. The van der Waals surface area contributed by atoms with Crippen molar-refractivity contribution in [3.8, 4) is 11.8 Å². The summed E-state index contributed by atoms with van der Waals surface area (Å²) < 4.78 is 0. The van der Waals surface area contributed by atoms with Crippen LogP contribution in [0.25, 0.3) is 0 Å². The number of hydrogen-bond donors (Lipinski definition) is 1. The van der Waals surface area contributed by atoms with Crippen molar-refractivity contribution in [3.63, 3.8) is 0 Å². The molecular weight excluding hydrogens is 205 g/mol. The van der Waals surface area contributed by atoms with E-state index in [0.29, 0.717) is 16.6 Å². The molecule has 0 aliphatic heterocycles. The first-order chi connectivity index (χ1) is 6.22. The summed E-state index contributed by atoms with van der Waals surface area (Å²) in [6, 6.07) is 5.31. The Labute approximate surface area is 88.0 Å². The van der Waals surface area contributed by atoms with E-state index in [-0.39, 0.29) is 0 Å². The Bertz CT molecular complexity index is 329. The Balaban J connectivity index is 2.69. The topological polar surface area (TPSA) is 12.0 Å². The zero-order valence-corrected chi connectivity index (χ0v) is 8.71. The summed E-state index contributed by atoms with van der Waals surface area (Å²) in [6.45, 7) is 2.40. The molecule has 68 valence electrons.